The van der Waals surface area contributed by atoms with Gasteiger partial charge < -0.3 is 4.40 Å². The van der Waals surface area contributed by atoms with E-state index in [0.717, 1.165) is 63.3 Å². The van der Waals surface area contributed by atoms with Crippen LogP contribution in [0.3, 0.4) is 0 Å². The molecule has 0 amide bonds. The molecule has 27 heavy (non-hydrogen) atoms. The number of aromatic nitrogens is 6. The van der Waals surface area contributed by atoms with Gasteiger partial charge in [0.15, 0.2) is 0 Å². The smallest absolute Gasteiger partial charge is 0.146 e. The molecule has 132 valence electrons. The summed E-state index contributed by atoms with van der Waals surface area (Å²) in [7, 11) is 0. The highest BCUT2D eigenvalue weighted by Gasteiger charge is 2.12. The molecule has 0 saturated heterocycles. The van der Waals surface area contributed by atoms with E-state index in [1.54, 1.807) is 6.20 Å². The van der Waals surface area contributed by atoms with Crippen LogP contribution in [0.1, 0.15) is 22.9 Å². The molecule has 0 unspecified atom stereocenters. The molecule has 5 rings (SSSR count). The van der Waals surface area contributed by atoms with Crippen LogP contribution in [0, 0.1) is 13.8 Å². The molecule has 0 N–H and O–H groups in total. The molecule has 0 saturated carbocycles. The summed E-state index contributed by atoms with van der Waals surface area (Å²) >= 11 is 0. The van der Waals surface area contributed by atoms with Crippen molar-refractivity contribution in [3.63, 3.8) is 0 Å². The SMILES string of the molecule is Cc1ccc2nc(CCc3nc4c5cccnc5ccn4c3C)ncc2n1. The number of nitrogens with zero attached hydrogens (tertiary/aromatic N) is 6. The second-order valence-corrected chi connectivity index (χ2v) is 6.73. The van der Waals surface area contributed by atoms with Gasteiger partial charge in [-0.15, -0.1) is 0 Å². The number of rotatable bonds is 3. The third kappa shape index (κ3) is 2.70. The van der Waals surface area contributed by atoms with Crippen LogP contribution in [0.5, 0.6) is 0 Å². The molecule has 0 aliphatic carbocycles. The third-order valence-electron chi connectivity index (χ3n) is 4.92. The maximum Gasteiger partial charge on any atom is 0.146 e. The molecule has 0 aromatic carbocycles. The van der Waals surface area contributed by atoms with Gasteiger partial charge in [0.05, 0.1) is 22.9 Å². The van der Waals surface area contributed by atoms with Crippen LogP contribution in [0.4, 0.5) is 0 Å². The minimum atomic E-state index is 0.741. The van der Waals surface area contributed by atoms with E-state index < -0.39 is 0 Å². The van der Waals surface area contributed by atoms with E-state index in [4.69, 9.17) is 4.98 Å². The lowest BCUT2D eigenvalue weighted by molar-refractivity contribution is 0.842. The third-order valence-corrected chi connectivity index (χ3v) is 4.92. The number of fused-ring (bicyclic) bond motifs is 4. The maximum atomic E-state index is 4.88. The fourth-order valence-electron chi connectivity index (χ4n) is 3.47. The van der Waals surface area contributed by atoms with Gasteiger partial charge in [0.1, 0.15) is 17.0 Å². The summed E-state index contributed by atoms with van der Waals surface area (Å²) in [4.78, 5) is 22.9. The van der Waals surface area contributed by atoms with E-state index in [1.165, 1.54) is 0 Å². The van der Waals surface area contributed by atoms with Crippen LogP contribution in [0.2, 0.25) is 0 Å². The van der Waals surface area contributed by atoms with E-state index >= 15 is 0 Å². The number of pyridine rings is 3. The van der Waals surface area contributed by atoms with Crippen LogP contribution in [0.25, 0.3) is 27.6 Å². The average molecular weight is 354 g/mol. The molecule has 5 heterocycles. The molecule has 0 spiro atoms. The molecule has 0 aliphatic heterocycles. The standard InChI is InChI=1S/C21H18N6/c1-13-5-6-18-19(24-13)12-23-20(25-18)8-7-16-14(2)27-11-9-17-15(21(27)26-16)4-3-10-22-17/h3-6,9-12H,7-8H2,1-2H3. The fraction of sp³-hybridized carbons (Fsp3) is 0.190. The zero-order valence-electron chi connectivity index (χ0n) is 15.2. The molecule has 0 fully saturated rings. The van der Waals surface area contributed by atoms with Crippen molar-refractivity contribution in [3.05, 3.63) is 71.8 Å². The van der Waals surface area contributed by atoms with Crippen molar-refractivity contribution in [2.45, 2.75) is 26.7 Å². The first-order valence-electron chi connectivity index (χ1n) is 8.99. The maximum absolute atomic E-state index is 4.88. The summed E-state index contributed by atoms with van der Waals surface area (Å²) in [5, 5.41) is 1.07. The quantitative estimate of drug-likeness (QED) is 0.495. The predicted octanol–water partition coefficient (Wildman–Crippen LogP) is 3.62. The molecular formula is C21H18N6. The van der Waals surface area contributed by atoms with E-state index in [2.05, 4.69) is 37.3 Å². The lowest BCUT2D eigenvalue weighted by atomic mass is 10.2. The zero-order valence-corrected chi connectivity index (χ0v) is 15.2. The van der Waals surface area contributed by atoms with Gasteiger partial charge in [0.2, 0.25) is 0 Å². The van der Waals surface area contributed by atoms with Gasteiger partial charge in [-0.05, 0) is 50.6 Å². The molecule has 0 atom stereocenters. The van der Waals surface area contributed by atoms with Crippen molar-refractivity contribution < 1.29 is 0 Å². The van der Waals surface area contributed by atoms with Gasteiger partial charge in [-0.2, -0.15) is 0 Å². The van der Waals surface area contributed by atoms with Crippen LogP contribution in [-0.4, -0.2) is 29.3 Å². The highest BCUT2D eigenvalue weighted by atomic mass is 15.0. The van der Waals surface area contributed by atoms with Crippen LogP contribution < -0.4 is 0 Å². The lowest BCUT2D eigenvalue weighted by Crippen LogP contribution is -2.00. The monoisotopic (exact) mass is 354 g/mol. The molecule has 5 aromatic heterocycles. The summed E-state index contributed by atoms with van der Waals surface area (Å²) in [6.07, 6.45) is 7.19. The Bertz CT molecular complexity index is 1300. The average Bonchev–Trinajstić information content (AvgIpc) is 3.02. The summed E-state index contributed by atoms with van der Waals surface area (Å²) in [6.45, 7) is 4.07. The molecule has 5 aromatic rings. The van der Waals surface area contributed by atoms with E-state index in [9.17, 15) is 0 Å². The highest BCUT2D eigenvalue weighted by molar-refractivity contribution is 5.91. The second-order valence-electron chi connectivity index (χ2n) is 6.73. The number of hydrogen-bond acceptors (Lipinski definition) is 5. The van der Waals surface area contributed by atoms with E-state index in [-0.39, 0.29) is 0 Å². The first kappa shape index (κ1) is 15.8. The molecule has 0 aliphatic rings. The predicted molar refractivity (Wildman–Crippen MR) is 105 cm³/mol. The van der Waals surface area contributed by atoms with Crippen molar-refractivity contribution in [1.82, 2.24) is 29.3 Å². The Morgan fingerprint density at radius 3 is 2.70 bits per heavy atom. The fourth-order valence-corrected chi connectivity index (χ4v) is 3.47. The minimum absolute atomic E-state index is 0.741. The number of aryl methyl sites for hydroxylation is 4. The summed E-state index contributed by atoms with van der Waals surface area (Å²) < 4.78 is 2.13. The van der Waals surface area contributed by atoms with Gasteiger partial charge in [0, 0.05) is 35.6 Å². The largest absolute Gasteiger partial charge is 0.303 e. The molecule has 6 nitrogen and oxygen atoms in total. The second kappa shape index (κ2) is 6.09. The van der Waals surface area contributed by atoms with Gasteiger partial charge in [-0.3, -0.25) is 4.98 Å². The Labute approximate surface area is 156 Å². The summed E-state index contributed by atoms with van der Waals surface area (Å²) in [6, 6.07) is 10.0. The van der Waals surface area contributed by atoms with E-state index in [0.29, 0.717) is 0 Å². The summed E-state index contributed by atoms with van der Waals surface area (Å²) in [5.74, 6) is 0.816. The van der Waals surface area contributed by atoms with E-state index in [1.807, 2.05) is 43.6 Å². The number of hydrogen-bond donors (Lipinski definition) is 0. The Morgan fingerprint density at radius 2 is 1.78 bits per heavy atom. The first-order chi connectivity index (χ1) is 13.2. The van der Waals surface area contributed by atoms with Crippen molar-refractivity contribution in [1.29, 1.82) is 0 Å². The lowest BCUT2D eigenvalue weighted by Gasteiger charge is -2.02. The minimum Gasteiger partial charge on any atom is -0.303 e. The van der Waals surface area contributed by atoms with Crippen molar-refractivity contribution >= 4 is 27.6 Å². The Hall–Kier alpha value is -3.41. The Balaban J connectivity index is 1.48. The van der Waals surface area contributed by atoms with Crippen molar-refractivity contribution in [2.75, 3.05) is 0 Å². The van der Waals surface area contributed by atoms with Gasteiger partial charge >= 0.3 is 0 Å². The molecular weight excluding hydrogens is 336 g/mol. The topological polar surface area (TPSA) is 68.9 Å². The first-order valence-corrected chi connectivity index (χ1v) is 8.99. The van der Waals surface area contributed by atoms with Gasteiger partial charge in [-0.1, -0.05) is 0 Å². The molecule has 6 heteroatoms. The van der Waals surface area contributed by atoms with Crippen molar-refractivity contribution in [3.8, 4) is 0 Å². The Morgan fingerprint density at radius 1 is 0.852 bits per heavy atom. The molecule has 0 radical (unpaired) electrons. The number of imidazole rings is 1. The van der Waals surface area contributed by atoms with Gasteiger partial charge in [-0.25, -0.2) is 19.9 Å². The van der Waals surface area contributed by atoms with Crippen molar-refractivity contribution in [2.24, 2.45) is 0 Å². The van der Waals surface area contributed by atoms with Crippen LogP contribution in [-0.2, 0) is 12.8 Å². The highest BCUT2D eigenvalue weighted by Crippen LogP contribution is 2.21. The summed E-state index contributed by atoms with van der Waals surface area (Å²) in [5.41, 5.74) is 6.82. The van der Waals surface area contributed by atoms with Crippen LogP contribution in [0.15, 0.2) is 48.9 Å². The zero-order chi connectivity index (χ0) is 18.4. The van der Waals surface area contributed by atoms with Crippen LogP contribution >= 0.6 is 0 Å². The molecule has 0 bridgehead atoms. The Kier molecular flexibility index (Phi) is 3.57. The normalized spacial score (nSPS) is 11.6. The van der Waals surface area contributed by atoms with Gasteiger partial charge in [0.25, 0.3) is 0 Å².